The number of halogens is 3. The molecule has 1 unspecified atom stereocenters. The first-order valence-corrected chi connectivity index (χ1v) is 18.4. The van der Waals surface area contributed by atoms with Crippen molar-refractivity contribution < 1.29 is 23.2 Å². The van der Waals surface area contributed by atoms with Crippen molar-refractivity contribution >= 4 is 50.2 Å². The van der Waals surface area contributed by atoms with Gasteiger partial charge in [-0.25, -0.2) is 9.97 Å². The first-order chi connectivity index (χ1) is 23.5. The largest absolute Gasteiger partial charge is 0.393 e. The standard InChI is InChI=1S/C35H42F3N7O2S2/c1-4-47-45(46)49-28-8-5-24(6-9-28)22(2)19-44-27(18-39)15-30-23(3)25(7-10-32(30)44)20-43-13-11-26(12-14-43)42-33-31-16-29(17-35(36,37)38)48-34(31)41-21-40-33/h4,7,10,15-16,21-22,24,26,28,46H,1,5-6,8-9,11-14,17,19-20H2,2-3H3,(H,40,41,42). The minimum atomic E-state index is -4.26. The number of alkyl halides is 3. The SMILES string of the molecule is C=CON(O)SC1CCC(C(C)Cn2c(C#N)cc3c(C)c(CN4CCC(Nc5ncnc6sc(CC(F)(F)F)cc56)CC4)ccc32)CC1. The maximum atomic E-state index is 13.0. The molecule has 2 N–H and O–H groups in total. The summed E-state index contributed by atoms with van der Waals surface area (Å²) < 4.78 is 41.9. The zero-order valence-electron chi connectivity index (χ0n) is 27.7. The summed E-state index contributed by atoms with van der Waals surface area (Å²) in [4.78, 5) is 16.7. The van der Waals surface area contributed by atoms with E-state index in [1.54, 1.807) is 6.07 Å². The molecule has 0 bridgehead atoms. The van der Waals surface area contributed by atoms with Crippen LogP contribution in [0.1, 0.15) is 67.1 Å². The number of thiophene rings is 1. The molecule has 1 atom stereocenters. The van der Waals surface area contributed by atoms with Crippen LogP contribution in [0.25, 0.3) is 21.1 Å². The Morgan fingerprint density at radius 1 is 1.18 bits per heavy atom. The molecular weight excluding hydrogens is 672 g/mol. The van der Waals surface area contributed by atoms with Gasteiger partial charge in [-0.3, -0.25) is 10.1 Å². The highest BCUT2D eigenvalue weighted by molar-refractivity contribution is 7.97. The van der Waals surface area contributed by atoms with Crippen LogP contribution >= 0.6 is 23.3 Å². The Bertz CT molecular complexity index is 1800. The van der Waals surface area contributed by atoms with Crippen LogP contribution in [0.4, 0.5) is 19.0 Å². The number of rotatable bonds is 12. The van der Waals surface area contributed by atoms with E-state index < -0.39 is 12.6 Å². The van der Waals surface area contributed by atoms with Crippen LogP contribution in [0, 0.1) is 30.1 Å². The molecule has 0 amide bonds. The molecule has 262 valence electrons. The molecule has 4 heterocycles. The Hall–Kier alpha value is -3.35. The maximum Gasteiger partial charge on any atom is 0.393 e. The van der Waals surface area contributed by atoms with Gasteiger partial charge >= 0.3 is 6.18 Å². The van der Waals surface area contributed by atoms with Crippen molar-refractivity contribution in [1.29, 1.82) is 5.26 Å². The lowest BCUT2D eigenvalue weighted by atomic mass is 9.80. The summed E-state index contributed by atoms with van der Waals surface area (Å²) in [5.41, 5.74) is 4.22. The monoisotopic (exact) mass is 713 g/mol. The third-order valence-electron chi connectivity index (χ3n) is 10.1. The molecule has 2 fully saturated rings. The van der Waals surface area contributed by atoms with Gasteiger partial charge in [-0.05, 0) is 98.6 Å². The molecule has 14 heteroatoms. The number of aromatic nitrogens is 3. The van der Waals surface area contributed by atoms with Crippen molar-refractivity contribution in [2.75, 3.05) is 18.4 Å². The second kappa shape index (κ2) is 15.3. The van der Waals surface area contributed by atoms with Crippen molar-refractivity contribution in [1.82, 2.24) is 24.1 Å². The van der Waals surface area contributed by atoms with E-state index in [4.69, 9.17) is 4.84 Å². The average molecular weight is 714 g/mol. The Morgan fingerprint density at radius 2 is 1.94 bits per heavy atom. The average Bonchev–Trinajstić information content (AvgIpc) is 3.64. The highest BCUT2D eigenvalue weighted by atomic mass is 32.2. The number of nitrogens with zero attached hydrogens (tertiary/aromatic N) is 6. The minimum Gasteiger partial charge on any atom is -0.379 e. The predicted molar refractivity (Wildman–Crippen MR) is 188 cm³/mol. The summed E-state index contributed by atoms with van der Waals surface area (Å²) in [6.07, 6.45) is 3.31. The van der Waals surface area contributed by atoms with E-state index in [-0.39, 0.29) is 10.9 Å². The van der Waals surface area contributed by atoms with Crippen molar-refractivity contribution in [2.24, 2.45) is 11.8 Å². The van der Waals surface area contributed by atoms with Crippen LogP contribution in [0.3, 0.4) is 0 Å². The summed E-state index contributed by atoms with van der Waals surface area (Å²) >= 11 is 2.36. The Morgan fingerprint density at radius 3 is 2.63 bits per heavy atom. The molecule has 1 aliphatic carbocycles. The van der Waals surface area contributed by atoms with Crippen molar-refractivity contribution in [3.63, 3.8) is 0 Å². The quantitative estimate of drug-likeness (QED) is 0.0849. The zero-order chi connectivity index (χ0) is 34.7. The van der Waals surface area contributed by atoms with Gasteiger partial charge in [-0.15, -0.1) is 11.3 Å². The summed E-state index contributed by atoms with van der Waals surface area (Å²) in [5.74, 6) is 1.54. The predicted octanol–water partition coefficient (Wildman–Crippen LogP) is 8.62. The molecule has 1 aliphatic heterocycles. The van der Waals surface area contributed by atoms with Gasteiger partial charge in [0.05, 0.1) is 11.8 Å². The highest BCUT2D eigenvalue weighted by Gasteiger charge is 2.30. The van der Waals surface area contributed by atoms with E-state index in [1.165, 1.54) is 35.7 Å². The first kappa shape index (κ1) is 35.5. The van der Waals surface area contributed by atoms with Gasteiger partial charge in [0.2, 0.25) is 0 Å². The molecule has 0 spiro atoms. The maximum absolute atomic E-state index is 13.0. The van der Waals surface area contributed by atoms with Gasteiger partial charge in [-0.1, -0.05) is 19.6 Å². The van der Waals surface area contributed by atoms with Crippen LogP contribution < -0.4 is 5.32 Å². The third kappa shape index (κ3) is 8.52. The number of likely N-dealkylation sites (tertiary alicyclic amines) is 1. The van der Waals surface area contributed by atoms with Crippen LogP contribution in [-0.2, 0) is 24.3 Å². The van der Waals surface area contributed by atoms with Crippen molar-refractivity contribution in [2.45, 2.75) is 89.4 Å². The molecule has 6 rings (SSSR count). The normalized spacial score (nSPS) is 20.1. The second-order valence-electron chi connectivity index (χ2n) is 13.3. The topological polar surface area (TPSA) is 102 Å². The van der Waals surface area contributed by atoms with Gasteiger partial charge in [-0.2, -0.15) is 18.4 Å². The van der Waals surface area contributed by atoms with Gasteiger partial charge in [0.1, 0.15) is 35.0 Å². The van der Waals surface area contributed by atoms with E-state index in [0.29, 0.717) is 38.8 Å². The number of hydrogen-bond acceptors (Lipinski definition) is 10. The molecule has 49 heavy (non-hydrogen) atoms. The number of nitriles is 1. The molecular formula is C35H42F3N7O2S2. The molecule has 9 nitrogen and oxygen atoms in total. The van der Waals surface area contributed by atoms with Crippen LogP contribution in [-0.4, -0.2) is 59.8 Å². The van der Waals surface area contributed by atoms with Gasteiger partial charge in [0.15, 0.2) is 0 Å². The lowest BCUT2D eigenvalue weighted by molar-refractivity contribution is -0.222. The van der Waals surface area contributed by atoms with E-state index in [0.717, 1.165) is 91.6 Å². The van der Waals surface area contributed by atoms with Crippen molar-refractivity contribution in [3.8, 4) is 6.07 Å². The summed E-state index contributed by atoms with van der Waals surface area (Å²) in [7, 11) is 0. The number of hydrogen-bond donors (Lipinski definition) is 2. The lowest BCUT2D eigenvalue weighted by Gasteiger charge is -2.33. The summed E-state index contributed by atoms with van der Waals surface area (Å²) in [5, 5.41) is 25.4. The zero-order valence-corrected chi connectivity index (χ0v) is 29.4. The van der Waals surface area contributed by atoms with Crippen LogP contribution in [0.2, 0.25) is 0 Å². The van der Waals surface area contributed by atoms with E-state index in [2.05, 4.69) is 63.4 Å². The van der Waals surface area contributed by atoms with E-state index in [1.807, 2.05) is 6.07 Å². The van der Waals surface area contributed by atoms with Gasteiger partial charge in [0, 0.05) is 57.9 Å². The number of fused-ring (bicyclic) bond motifs is 2. The molecule has 3 aromatic heterocycles. The second-order valence-corrected chi connectivity index (χ2v) is 15.6. The number of anilines is 1. The molecule has 1 saturated heterocycles. The fourth-order valence-electron chi connectivity index (χ4n) is 7.37. The number of aryl methyl sites for hydroxylation is 1. The van der Waals surface area contributed by atoms with E-state index >= 15 is 0 Å². The number of nitrogens with one attached hydrogen (secondary N) is 1. The molecule has 0 radical (unpaired) electrons. The first-order valence-electron chi connectivity index (χ1n) is 16.8. The van der Waals surface area contributed by atoms with E-state index in [9.17, 15) is 23.6 Å². The minimum absolute atomic E-state index is 0.169. The Balaban J connectivity index is 1.06. The fourth-order valence-corrected chi connectivity index (χ4v) is 9.25. The molecule has 4 aromatic rings. The Kier molecular flexibility index (Phi) is 11.1. The fraction of sp³-hybridized carbons (Fsp3) is 0.514. The Labute approximate surface area is 292 Å². The lowest BCUT2D eigenvalue weighted by Crippen LogP contribution is -2.39. The molecule has 1 aromatic carbocycles. The molecule has 1 saturated carbocycles. The summed E-state index contributed by atoms with van der Waals surface area (Å²) in [6, 6.07) is 10.6. The van der Waals surface area contributed by atoms with Crippen LogP contribution in [0.15, 0.2) is 43.4 Å². The highest BCUT2D eigenvalue weighted by Crippen LogP contribution is 2.38. The number of piperidine rings is 1. The summed E-state index contributed by atoms with van der Waals surface area (Å²) in [6.45, 7) is 11.3. The van der Waals surface area contributed by atoms with Gasteiger partial charge < -0.3 is 14.7 Å². The van der Waals surface area contributed by atoms with Crippen LogP contribution in [0.5, 0.6) is 0 Å². The molecule has 2 aliphatic rings. The smallest absolute Gasteiger partial charge is 0.379 e. The van der Waals surface area contributed by atoms with Crippen molar-refractivity contribution in [3.05, 3.63) is 65.1 Å². The number of benzene rings is 1. The third-order valence-corrected chi connectivity index (χ3v) is 12.1. The van der Waals surface area contributed by atoms with Gasteiger partial charge in [0.25, 0.3) is 0 Å².